The first-order chi connectivity index (χ1) is 10.2. The van der Waals surface area contributed by atoms with Crippen LogP contribution in [-0.2, 0) is 4.74 Å². The van der Waals surface area contributed by atoms with Gasteiger partial charge in [0.15, 0.2) is 0 Å². The highest BCUT2D eigenvalue weighted by atomic mass is 32.1. The fourth-order valence-electron chi connectivity index (χ4n) is 1.72. The molecule has 0 aliphatic heterocycles. The number of hydrogen-bond donors (Lipinski definition) is 1. The van der Waals surface area contributed by atoms with E-state index in [1.54, 1.807) is 13.3 Å². The van der Waals surface area contributed by atoms with Gasteiger partial charge in [-0.1, -0.05) is 12.1 Å². The van der Waals surface area contributed by atoms with E-state index in [4.69, 9.17) is 9.47 Å². The number of hydrogen-bond acceptors (Lipinski definition) is 6. The lowest BCUT2D eigenvalue weighted by molar-refractivity contribution is 0.0607. The summed E-state index contributed by atoms with van der Waals surface area (Å²) in [5.74, 6) is 0.396. The zero-order chi connectivity index (χ0) is 15.2. The van der Waals surface area contributed by atoms with Gasteiger partial charge in [-0.25, -0.2) is 4.79 Å². The summed E-state index contributed by atoms with van der Waals surface area (Å²) in [6, 6.07) is 7.53. The Labute approximate surface area is 127 Å². The second-order valence-electron chi connectivity index (χ2n) is 4.26. The molecule has 0 amide bonds. The van der Waals surface area contributed by atoms with Gasteiger partial charge in [0.05, 0.1) is 26.1 Å². The predicted molar refractivity (Wildman–Crippen MR) is 84.6 cm³/mol. The Bertz CT molecular complexity index is 665. The van der Waals surface area contributed by atoms with Crippen LogP contribution in [0.2, 0.25) is 0 Å². The summed E-state index contributed by atoms with van der Waals surface area (Å²) in [6.45, 7) is 1.91. The molecule has 0 aliphatic carbocycles. The zero-order valence-electron chi connectivity index (χ0n) is 12.0. The average molecular weight is 304 g/mol. The Balaban J connectivity index is 2.14. The van der Waals surface area contributed by atoms with Crippen molar-refractivity contribution < 1.29 is 14.3 Å². The van der Waals surface area contributed by atoms with Crippen LogP contribution in [-0.4, -0.2) is 26.4 Å². The van der Waals surface area contributed by atoms with Gasteiger partial charge < -0.3 is 9.47 Å². The lowest BCUT2D eigenvalue weighted by Crippen LogP contribution is -2.02. The van der Waals surface area contributed by atoms with Crippen LogP contribution in [0.4, 0.5) is 5.69 Å². The highest BCUT2D eigenvalue weighted by Crippen LogP contribution is 2.28. The number of thiophene rings is 1. The fraction of sp³-hybridized carbons (Fsp3) is 0.200. The van der Waals surface area contributed by atoms with Crippen molar-refractivity contribution >= 4 is 29.2 Å². The van der Waals surface area contributed by atoms with Crippen LogP contribution in [0.1, 0.15) is 20.8 Å². The lowest BCUT2D eigenvalue weighted by Gasteiger charge is -2.03. The van der Waals surface area contributed by atoms with Crippen molar-refractivity contribution in [2.24, 2.45) is 5.10 Å². The molecule has 2 rings (SSSR count). The minimum atomic E-state index is -0.368. The van der Waals surface area contributed by atoms with Gasteiger partial charge in [0.2, 0.25) is 0 Å². The molecule has 1 aromatic carbocycles. The fourth-order valence-corrected chi connectivity index (χ4v) is 2.64. The first kappa shape index (κ1) is 15.1. The van der Waals surface area contributed by atoms with E-state index in [9.17, 15) is 4.79 Å². The lowest BCUT2D eigenvalue weighted by atomic mass is 10.2. The first-order valence-corrected chi connectivity index (χ1v) is 7.13. The molecule has 0 saturated carbocycles. The second-order valence-corrected chi connectivity index (χ2v) is 5.14. The molecule has 1 N–H and O–H groups in total. The highest BCUT2D eigenvalue weighted by Gasteiger charge is 2.16. The number of methoxy groups -OCH3 is 2. The van der Waals surface area contributed by atoms with E-state index in [-0.39, 0.29) is 5.97 Å². The summed E-state index contributed by atoms with van der Waals surface area (Å²) < 4.78 is 9.90. The third kappa shape index (κ3) is 3.61. The molecule has 1 aromatic heterocycles. The van der Waals surface area contributed by atoms with Gasteiger partial charge in [0, 0.05) is 0 Å². The van der Waals surface area contributed by atoms with E-state index in [0.29, 0.717) is 10.6 Å². The van der Waals surface area contributed by atoms with Crippen molar-refractivity contribution in [2.45, 2.75) is 6.92 Å². The predicted octanol–water partition coefficient (Wildman–Crippen LogP) is 3.30. The molecule has 0 spiro atoms. The van der Waals surface area contributed by atoms with Crippen molar-refractivity contribution in [2.75, 3.05) is 19.6 Å². The van der Waals surface area contributed by atoms with Gasteiger partial charge in [-0.05, 0) is 35.6 Å². The van der Waals surface area contributed by atoms with Gasteiger partial charge in [0.25, 0.3) is 0 Å². The summed E-state index contributed by atoms with van der Waals surface area (Å²) in [7, 11) is 2.98. The van der Waals surface area contributed by atoms with Crippen LogP contribution in [0.25, 0.3) is 0 Å². The van der Waals surface area contributed by atoms with Gasteiger partial charge in [-0.3, -0.25) is 5.43 Å². The maximum Gasteiger partial charge on any atom is 0.350 e. The van der Waals surface area contributed by atoms with Crippen molar-refractivity contribution in [3.63, 3.8) is 0 Å². The molecule has 0 saturated heterocycles. The van der Waals surface area contributed by atoms with E-state index in [1.165, 1.54) is 18.4 Å². The van der Waals surface area contributed by atoms with Crippen molar-refractivity contribution in [1.82, 2.24) is 0 Å². The Morgan fingerprint density at radius 1 is 1.38 bits per heavy atom. The molecule has 0 fully saturated rings. The van der Waals surface area contributed by atoms with E-state index in [2.05, 4.69) is 10.5 Å². The number of aryl methyl sites for hydroxylation is 1. The largest absolute Gasteiger partial charge is 0.497 e. The van der Waals surface area contributed by atoms with E-state index in [1.807, 2.05) is 36.6 Å². The molecule has 6 heteroatoms. The van der Waals surface area contributed by atoms with Crippen LogP contribution < -0.4 is 10.2 Å². The molecule has 1 heterocycles. The Morgan fingerprint density at radius 3 is 2.90 bits per heavy atom. The highest BCUT2D eigenvalue weighted by molar-refractivity contribution is 7.12. The molecule has 5 nitrogen and oxygen atoms in total. The minimum absolute atomic E-state index is 0.368. The Morgan fingerprint density at radius 2 is 2.19 bits per heavy atom. The summed E-state index contributed by atoms with van der Waals surface area (Å²) in [5, 5.41) is 6.05. The van der Waals surface area contributed by atoms with Crippen LogP contribution in [0, 0.1) is 6.92 Å². The number of esters is 1. The number of hydrazone groups is 1. The molecule has 0 radical (unpaired) electrons. The first-order valence-electron chi connectivity index (χ1n) is 6.25. The standard InChI is InChI=1S/C15H16N2O3S/c1-10-9-21-14(15(18)20-3)13(10)17-16-8-11-5-4-6-12(7-11)19-2/h4-9,17H,1-3H3/b16-8+. The van der Waals surface area contributed by atoms with Gasteiger partial charge in [0.1, 0.15) is 10.6 Å². The van der Waals surface area contributed by atoms with Gasteiger partial charge in [-0.2, -0.15) is 5.10 Å². The number of nitrogens with one attached hydrogen (secondary N) is 1. The number of benzene rings is 1. The quantitative estimate of drug-likeness (QED) is 0.523. The molecule has 110 valence electrons. The topological polar surface area (TPSA) is 59.9 Å². The molecule has 0 aliphatic rings. The normalized spacial score (nSPS) is 10.6. The second kappa shape index (κ2) is 6.90. The van der Waals surface area contributed by atoms with Crippen molar-refractivity contribution in [3.8, 4) is 5.75 Å². The minimum Gasteiger partial charge on any atom is -0.497 e. The van der Waals surface area contributed by atoms with Crippen LogP contribution in [0.5, 0.6) is 5.75 Å². The summed E-state index contributed by atoms with van der Waals surface area (Å²) in [5.41, 5.74) is 5.42. The molecule has 0 bridgehead atoms. The van der Waals surface area contributed by atoms with E-state index in [0.717, 1.165) is 16.9 Å². The van der Waals surface area contributed by atoms with Gasteiger partial charge in [-0.15, -0.1) is 11.3 Å². The molecular weight excluding hydrogens is 288 g/mol. The number of nitrogens with zero attached hydrogens (tertiary/aromatic N) is 1. The van der Waals surface area contributed by atoms with Crippen molar-refractivity contribution in [1.29, 1.82) is 0 Å². The molecule has 0 atom stereocenters. The summed E-state index contributed by atoms with van der Waals surface area (Å²) >= 11 is 1.33. The van der Waals surface area contributed by atoms with Crippen molar-refractivity contribution in [3.05, 3.63) is 45.6 Å². The maximum absolute atomic E-state index is 11.6. The number of carbonyl (C=O) groups is 1. The third-order valence-electron chi connectivity index (χ3n) is 2.83. The van der Waals surface area contributed by atoms with Crippen LogP contribution >= 0.6 is 11.3 Å². The monoisotopic (exact) mass is 304 g/mol. The summed E-state index contributed by atoms with van der Waals surface area (Å²) in [4.78, 5) is 12.2. The number of rotatable bonds is 5. The molecule has 21 heavy (non-hydrogen) atoms. The Kier molecular flexibility index (Phi) is 4.94. The number of carbonyl (C=O) groups excluding carboxylic acids is 1. The third-order valence-corrected chi connectivity index (χ3v) is 3.91. The molecule has 0 unspecified atom stereocenters. The van der Waals surface area contributed by atoms with E-state index >= 15 is 0 Å². The molecular formula is C15H16N2O3S. The smallest absolute Gasteiger partial charge is 0.350 e. The van der Waals surface area contributed by atoms with E-state index < -0.39 is 0 Å². The number of ether oxygens (including phenoxy) is 2. The SMILES string of the molecule is COC(=O)c1scc(C)c1N/N=C/c1cccc(OC)c1. The summed E-state index contributed by atoms with van der Waals surface area (Å²) in [6.07, 6.45) is 1.67. The zero-order valence-corrected chi connectivity index (χ0v) is 12.9. The van der Waals surface area contributed by atoms with Crippen LogP contribution in [0.15, 0.2) is 34.7 Å². The van der Waals surface area contributed by atoms with Gasteiger partial charge >= 0.3 is 5.97 Å². The average Bonchev–Trinajstić information content (AvgIpc) is 2.88. The Hall–Kier alpha value is -2.34. The number of anilines is 1. The molecule has 2 aromatic rings. The maximum atomic E-state index is 11.6. The van der Waals surface area contributed by atoms with Crippen LogP contribution in [0.3, 0.4) is 0 Å².